The van der Waals surface area contributed by atoms with Gasteiger partial charge in [0, 0.05) is 12.1 Å². The summed E-state index contributed by atoms with van der Waals surface area (Å²) in [5.41, 5.74) is -2.06. The number of rotatable bonds is 9. The normalized spacial score (nSPS) is 10.2. The van der Waals surface area contributed by atoms with Gasteiger partial charge in [0.25, 0.3) is 17.3 Å². The van der Waals surface area contributed by atoms with Crippen LogP contribution in [0.4, 0.5) is 17.1 Å². The van der Waals surface area contributed by atoms with Crippen molar-refractivity contribution in [2.75, 3.05) is 11.9 Å². The summed E-state index contributed by atoms with van der Waals surface area (Å²) >= 11 is 0. The summed E-state index contributed by atoms with van der Waals surface area (Å²) < 4.78 is 10.6. The molecular formula is C23H17N3O10. The van der Waals surface area contributed by atoms with Crippen LogP contribution in [0.1, 0.15) is 38.0 Å². The third-order valence-electron chi connectivity index (χ3n) is 4.67. The number of carboxylic acid groups (broad SMARTS) is 1. The molecule has 0 saturated carbocycles. The number of nitro groups is 2. The Labute approximate surface area is 202 Å². The van der Waals surface area contributed by atoms with Gasteiger partial charge in [-0.1, -0.05) is 12.1 Å². The second-order valence-corrected chi connectivity index (χ2v) is 7.04. The van der Waals surface area contributed by atoms with Crippen molar-refractivity contribution in [1.82, 2.24) is 0 Å². The van der Waals surface area contributed by atoms with Gasteiger partial charge in [0.2, 0.25) is 0 Å². The Kier molecular flexibility index (Phi) is 7.54. The van der Waals surface area contributed by atoms with E-state index < -0.39 is 39.1 Å². The number of carbonyl (C=O) groups excluding carboxylic acids is 2. The molecule has 0 heterocycles. The lowest BCUT2D eigenvalue weighted by Gasteiger charge is -2.13. The van der Waals surface area contributed by atoms with E-state index in [1.807, 2.05) is 0 Å². The van der Waals surface area contributed by atoms with Crippen LogP contribution in [-0.2, 0) is 4.74 Å². The highest BCUT2D eigenvalue weighted by Gasteiger charge is 2.22. The Balaban J connectivity index is 1.91. The van der Waals surface area contributed by atoms with Gasteiger partial charge >= 0.3 is 11.9 Å². The first-order valence-electron chi connectivity index (χ1n) is 10.2. The lowest BCUT2D eigenvalue weighted by Crippen LogP contribution is -2.13. The van der Waals surface area contributed by atoms with Crippen molar-refractivity contribution < 1.29 is 38.8 Å². The van der Waals surface area contributed by atoms with E-state index in [0.29, 0.717) is 0 Å². The number of nitrogens with one attached hydrogen (secondary N) is 1. The lowest BCUT2D eigenvalue weighted by molar-refractivity contribution is -0.394. The van der Waals surface area contributed by atoms with Crippen LogP contribution in [0.25, 0.3) is 0 Å². The molecule has 0 spiro atoms. The number of para-hydroxylation sites is 2. The average molecular weight is 495 g/mol. The van der Waals surface area contributed by atoms with Gasteiger partial charge in [-0.3, -0.25) is 25.0 Å². The summed E-state index contributed by atoms with van der Waals surface area (Å²) in [7, 11) is 0. The zero-order valence-corrected chi connectivity index (χ0v) is 18.5. The van der Waals surface area contributed by atoms with Crippen LogP contribution in [0.15, 0.2) is 60.7 Å². The number of non-ortho nitro benzene ring substituents is 2. The fraction of sp³-hybridized carbons (Fsp3) is 0.0870. The Bertz CT molecular complexity index is 1350. The fourth-order valence-electron chi connectivity index (χ4n) is 3.07. The summed E-state index contributed by atoms with van der Waals surface area (Å²) in [5.74, 6) is -3.02. The topological polar surface area (TPSA) is 188 Å². The van der Waals surface area contributed by atoms with Crippen molar-refractivity contribution in [2.24, 2.45) is 0 Å². The highest BCUT2D eigenvalue weighted by atomic mass is 16.6. The minimum atomic E-state index is -1.39. The van der Waals surface area contributed by atoms with Gasteiger partial charge in [0.1, 0.15) is 5.75 Å². The quantitative estimate of drug-likeness (QED) is 0.244. The van der Waals surface area contributed by atoms with Crippen LogP contribution >= 0.6 is 0 Å². The molecule has 3 aromatic rings. The number of aromatic carboxylic acids is 1. The smallest absolute Gasteiger partial charge is 0.339 e. The highest BCUT2D eigenvalue weighted by molar-refractivity contribution is 6.06. The minimum absolute atomic E-state index is 0.0214. The van der Waals surface area contributed by atoms with Gasteiger partial charge in [-0.25, -0.2) is 9.59 Å². The third-order valence-corrected chi connectivity index (χ3v) is 4.67. The van der Waals surface area contributed by atoms with Gasteiger partial charge in [-0.05, 0) is 37.3 Å². The highest BCUT2D eigenvalue weighted by Crippen LogP contribution is 2.32. The summed E-state index contributed by atoms with van der Waals surface area (Å²) in [6.45, 7) is 1.63. The predicted octanol–water partition coefficient (Wildman–Crippen LogP) is 4.42. The van der Waals surface area contributed by atoms with E-state index in [-0.39, 0.29) is 40.5 Å². The number of carboxylic acids is 1. The van der Waals surface area contributed by atoms with Crippen LogP contribution in [0.2, 0.25) is 0 Å². The minimum Gasteiger partial charge on any atom is -0.478 e. The summed E-state index contributed by atoms with van der Waals surface area (Å²) in [6, 6.07) is 12.2. The first-order valence-corrected chi connectivity index (χ1v) is 10.2. The maximum absolute atomic E-state index is 12.8. The zero-order chi connectivity index (χ0) is 26.4. The average Bonchev–Trinajstić information content (AvgIpc) is 2.84. The molecule has 1 amide bonds. The second-order valence-electron chi connectivity index (χ2n) is 7.04. The lowest BCUT2D eigenvalue weighted by atomic mass is 10.1. The van der Waals surface area contributed by atoms with Gasteiger partial charge in [-0.2, -0.15) is 0 Å². The van der Waals surface area contributed by atoms with E-state index in [2.05, 4.69) is 5.32 Å². The summed E-state index contributed by atoms with van der Waals surface area (Å²) in [5, 5.41) is 34.2. The first-order chi connectivity index (χ1) is 17.1. The molecule has 0 aliphatic carbocycles. The van der Waals surface area contributed by atoms with Crippen molar-refractivity contribution in [3.05, 3.63) is 97.6 Å². The van der Waals surface area contributed by atoms with Crippen LogP contribution < -0.4 is 10.1 Å². The summed E-state index contributed by atoms with van der Waals surface area (Å²) in [6.07, 6.45) is 0. The van der Waals surface area contributed by atoms with E-state index in [0.717, 1.165) is 24.3 Å². The molecule has 13 nitrogen and oxygen atoms in total. The van der Waals surface area contributed by atoms with E-state index in [1.54, 1.807) is 19.1 Å². The molecule has 3 rings (SSSR count). The standard InChI is InChI=1S/C23H17N3O10/c1-2-35-23(30)17-8-7-16(12-18(17)22(28)29)36-20-6-4-3-5-19(20)24-21(27)13-9-14(25(31)32)11-15(10-13)26(33)34/h3-12H,2H2,1H3,(H,24,27)(H,28,29). The molecule has 0 unspecified atom stereocenters. The fourth-order valence-corrected chi connectivity index (χ4v) is 3.07. The van der Waals surface area contributed by atoms with Gasteiger partial charge in [-0.15, -0.1) is 0 Å². The van der Waals surface area contributed by atoms with E-state index in [9.17, 15) is 39.7 Å². The number of carbonyl (C=O) groups is 3. The van der Waals surface area contributed by atoms with Gasteiger partial charge < -0.3 is 19.9 Å². The van der Waals surface area contributed by atoms with Crippen LogP contribution in [0, 0.1) is 20.2 Å². The van der Waals surface area contributed by atoms with Crippen molar-refractivity contribution in [3.63, 3.8) is 0 Å². The van der Waals surface area contributed by atoms with Crippen molar-refractivity contribution >= 4 is 34.9 Å². The number of nitrogens with zero attached hydrogens (tertiary/aromatic N) is 2. The Morgan fingerprint density at radius 1 is 0.917 bits per heavy atom. The molecule has 0 bridgehead atoms. The van der Waals surface area contributed by atoms with Crippen molar-refractivity contribution in [2.45, 2.75) is 6.92 Å². The number of benzene rings is 3. The van der Waals surface area contributed by atoms with E-state index in [4.69, 9.17) is 9.47 Å². The number of hydrogen-bond donors (Lipinski definition) is 2. The second kappa shape index (κ2) is 10.7. The summed E-state index contributed by atoms with van der Waals surface area (Å²) in [4.78, 5) is 56.9. The molecule has 0 saturated heterocycles. The largest absolute Gasteiger partial charge is 0.478 e. The maximum Gasteiger partial charge on any atom is 0.339 e. The van der Waals surface area contributed by atoms with Crippen LogP contribution in [0.5, 0.6) is 11.5 Å². The molecule has 0 radical (unpaired) electrons. The molecule has 13 heteroatoms. The van der Waals surface area contributed by atoms with Crippen LogP contribution in [0.3, 0.4) is 0 Å². The first kappa shape index (κ1) is 25.3. The third kappa shape index (κ3) is 5.77. The molecule has 3 aromatic carbocycles. The predicted molar refractivity (Wildman–Crippen MR) is 124 cm³/mol. The molecule has 0 atom stereocenters. The number of hydrogen-bond acceptors (Lipinski definition) is 9. The van der Waals surface area contributed by atoms with Gasteiger partial charge in [0.15, 0.2) is 5.75 Å². The Morgan fingerprint density at radius 2 is 1.56 bits per heavy atom. The number of esters is 1. The monoisotopic (exact) mass is 495 g/mol. The maximum atomic E-state index is 12.8. The number of ether oxygens (including phenoxy) is 2. The molecule has 0 aliphatic heterocycles. The molecule has 0 aromatic heterocycles. The van der Waals surface area contributed by atoms with Crippen LogP contribution in [-0.4, -0.2) is 39.4 Å². The molecule has 0 aliphatic rings. The Morgan fingerprint density at radius 3 is 2.14 bits per heavy atom. The van der Waals surface area contributed by atoms with Crippen molar-refractivity contribution in [3.8, 4) is 11.5 Å². The molecular weight excluding hydrogens is 478 g/mol. The number of nitro benzene ring substituents is 2. The zero-order valence-electron chi connectivity index (χ0n) is 18.5. The molecule has 184 valence electrons. The Hall–Kier alpha value is -5.33. The molecule has 36 heavy (non-hydrogen) atoms. The number of anilines is 1. The SMILES string of the molecule is CCOC(=O)c1ccc(Oc2ccccc2NC(=O)c2cc([N+](=O)[O-])cc([N+](=O)[O-])c2)cc1C(=O)O. The van der Waals surface area contributed by atoms with Crippen molar-refractivity contribution in [1.29, 1.82) is 0 Å². The number of amides is 1. The van der Waals surface area contributed by atoms with Gasteiger partial charge in [0.05, 0.1) is 44.9 Å². The molecule has 0 fully saturated rings. The van der Waals surface area contributed by atoms with E-state index >= 15 is 0 Å². The molecule has 2 N–H and O–H groups in total. The van der Waals surface area contributed by atoms with E-state index in [1.165, 1.54) is 24.3 Å².